The van der Waals surface area contributed by atoms with Crippen LogP contribution in [0.3, 0.4) is 0 Å². The van der Waals surface area contributed by atoms with Crippen molar-refractivity contribution in [1.82, 2.24) is 0 Å². The lowest BCUT2D eigenvalue weighted by Crippen LogP contribution is -2.66. The van der Waals surface area contributed by atoms with Gasteiger partial charge in [0.15, 0.2) is 6.04 Å². The quantitative estimate of drug-likeness (QED) is 0.665. The predicted molar refractivity (Wildman–Crippen MR) is 81.1 cm³/mol. The molecule has 22 heavy (non-hydrogen) atoms. The Kier molecular flexibility index (Phi) is 5.08. The van der Waals surface area contributed by atoms with Gasteiger partial charge in [-0.05, 0) is 25.3 Å². The van der Waals surface area contributed by atoms with Gasteiger partial charge in [-0.25, -0.2) is 14.1 Å². The molecule has 1 heterocycles. The summed E-state index contributed by atoms with van der Waals surface area (Å²) in [5.74, 6) is -2.04. The number of quaternary nitrogens is 1. The van der Waals surface area contributed by atoms with E-state index in [-0.39, 0.29) is 10.9 Å². The lowest BCUT2D eigenvalue weighted by molar-refractivity contribution is -0.871. The largest absolute Gasteiger partial charge is 0.477 e. The summed E-state index contributed by atoms with van der Waals surface area (Å²) in [7, 11) is 0. The normalized spacial score (nSPS) is 24.7. The summed E-state index contributed by atoms with van der Waals surface area (Å²) in [6.07, 6.45) is 2.05. The first kappa shape index (κ1) is 16.4. The van der Waals surface area contributed by atoms with E-state index in [9.17, 15) is 19.5 Å². The summed E-state index contributed by atoms with van der Waals surface area (Å²) >= 11 is 0. The fourth-order valence-corrected chi connectivity index (χ4v) is 3.34. The van der Waals surface area contributed by atoms with Crippen molar-refractivity contribution >= 4 is 17.7 Å². The number of hydrogen-bond acceptors (Lipinski definition) is 3. The summed E-state index contributed by atoms with van der Waals surface area (Å²) in [5, 5.41) is 9.45. The molecule has 1 saturated heterocycles. The number of likely N-dealkylation sites (N-methyl/N-ethyl adjacent to an activating group) is 1. The van der Waals surface area contributed by atoms with Gasteiger partial charge in [-0.2, -0.15) is 0 Å². The number of amides is 1. The Morgan fingerprint density at radius 3 is 2.45 bits per heavy atom. The Balaban J connectivity index is 2.23. The second-order valence-corrected chi connectivity index (χ2v) is 5.81. The second-order valence-electron chi connectivity index (χ2n) is 5.81. The highest BCUT2D eigenvalue weighted by molar-refractivity contribution is 6.34. The zero-order chi connectivity index (χ0) is 16.2. The van der Waals surface area contributed by atoms with Gasteiger partial charge in [-0.15, -0.1) is 0 Å². The summed E-state index contributed by atoms with van der Waals surface area (Å²) in [6.45, 7) is 2.57. The summed E-state index contributed by atoms with van der Waals surface area (Å²) in [5.41, 5.74) is 0.777. The number of aliphatic carboxylic acids is 1. The number of carboxylic acid groups (broad SMARTS) is 1. The maximum Gasteiger partial charge on any atom is 0.382 e. The Bertz CT molecular complexity index is 569. The monoisotopic (exact) mass is 304 g/mol. The van der Waals surface area contributed by atoms with Crippen molar-refractivity contribution in [2.24, 2.45) is 0 Å². The number of carbonyl (C=O) groups is 3. The van der Waals surface area contributed by atoms with Crippen LogP contribution in [0, 0.1) is 0 Å². The Labute approximate surface area is 130 Å². The Morgan fingerprint density at radius 1 is 1.18 bits per heavy atom. The molecule has 0 saturated carbocycles. The van der Waals surface area contributed by atoms with Crippen molar-refractivity contribution in [2.45, 2.75) is 38.6 Å². The second kappa shape index (κ2) is 6.83. The van der Waals surface area contributed by atoms with Crippen molar-refractivity contribution in [2.75, 3.05) is 13.1 Å². The van der Waals surface area contributed by atoms with Crippen LogP contribution in [-0.2, 0) is 20.8 Å². The number of likely N-dealkylation sites (tertiary alicyclic amines) is 1. The highest BCUT2D eigenvalue weighted by Gasteiger charge is 2.50. The van der Waals surface area contributed by atoms with E-state index < -0.39 is 23.7 Å². The molecule has 0 radical (unpaired) electrons. The van der Waals surface area contributed by atoms with Crippen molar-refractivity contribution in [3.63, 3.8) is 0 Å². The number of piperidine rings is 1. The molecule has 2 unspecified atom stereocenters. The zero-order valence-corrected chi connectivity index (χ0v) is 12.8. The van der Waals surface area contributed by atoms with Crippen molar-refractivity contribution < 1.29 is 24.0 Å². The van der Waals surface area contributed by atoms with Crippen LogP contribution in [0.25, 0.3) is 0 Å². The van der Waals surface area contributed by atoms with E-state index in [4.69, 9.17) is 0 Å². The molecule has 0 bridgehead atoms. The Hall–Kier alpha value is -2.01. The van der Waals surface area contributed by atoms with E-state index in [0.29, 0.717) is 19.5 Å². The van der Waals surface area contributed by atoms with Crippen molar-refractivity contribution in [1.29, 1.82) is 0 Å². The predicted octanol–water partition coefficient (Wildman–Crippen LogP) is 1.80. The average molecular weight is 304 g/mol. The molecular weight excluding hydrogens is 282 g/mol. The highest BCUT2D eigenvalue weighted by Crippen LogP contribution is 2.27. The number of hydrogen-bond donors (Lipinski definition) is 1. The molecule has 0 aromatic heterocycles. The zero-order valence-electron chi connectivity index (χ0n) is 12.8. The van der Waals surface area contributed by atoms with Gasteiger partial charge in [-0.1, -0.05) is 30.3 Å². The van der Waals surface area contributed by atoms with E-state index in [1.807, 2.05) is 18.2 Å². The molecule has 1 aliphatic rings. The minimum Gasteiger partial charge on any atom is -0.477 e. The lowest BCUT2D eigenvalue weighted by atomic mass is 9.96. The molecular formula is C17H22NO4+. The van der Waals surface area contributed by atoms with Crippen LogP contribution in [0.15, 0.2) is 30.3 Å². The lowest BCUT2D eigenvalue weighted by Gasteiger charge is -2.41. The minimum atomic E-state index is -0.984. The van der Waals surface area contributed by atoms with Gasteiger partial charge in [0.2, 0.25) is 0 Å². The van der Waals surface area contributed by atoms with E-state index in [2.05, 4.69) is 0 Å². The van der Waals surface area contributed by atoms with Gasteiger partial charge in [0.25, 0.3) is 5.78 Å². The number of nitrogens with zero attached hydrogens (tertiary/aromatic N) is 1. The molecule has 1 aromatic rings. The topological polar surface area (TPSA) is 71.4 Å². The molecule has 2 atom stereocenters. The number of rotatable bonds is 5. The number of ketones is 1. The fourth-order valence-electron chi connectivity index (χ4n) is 3.34. The first-order chi connectivity index (χ1) is 10.5. The summed E-state index contributed by atoms with van der Waals surface area (Å²) in [4.78, 5) is 36.7. The van der Waals surface area contributed by atoms with Crippen LogP contribution in [0.1, 0.15) is 31.7 Å². The van der Waals surface area contributed by atoms with Crippen LogP contribution in [-0.4, -0.2) is 46.4 Å². The van der Waals surface area contributed by atoms with Gasteiger partial charge < -0.3 is 5.11 Å². The molecule has 0 aliphatic carbocycles. The molecule has 1 N–H and O–H groups in total. The summed E-state index contributed by atoms with van der Waals surface area (Å²) < 4.78 is -0.235. The number of carboxylic acids is 1. The first-order valence-corrected chi connectivity index (χ1v) is 7.72. The maximum absolute atomic E-state index is 12.7. The number of benzene rings is 1. The van der Waals surface area contributed by atoms with Gasteiger partial charge in [0.1, 0.15) is 0 Å². The van der Waals surface area contributed by atoms with Crippen LogP contribution in [0.2, 0.25) is 0 Å². The van der Waals surface area contributed by atoms with Crippen LogP contribution in [0.4, 0.5) is 0 Å². The molecule has 118 valence electrons. The smallest absolute Gasteiger partial charge is 0.382 e. The number of carbonyl (C=O) groups excluding carboxylic acids is 2. The third kappa shape index (κ3) is 3.09. The molecule has 1 fully saturated rings. The van der Waals surface area contributed by atoms with Crippen LogP contribution < -0.4 is 0 Å². The summed E-state index contributed by atoms with van der Waals surface area (Å²) in [6, 6.07) is 8.28. The third-order valence-electron chi connectivity index (χ3n) is 4.58. The molecule has 1 aliphatic heterocycles. The van der Waals surface area contributed by atoms with Gasteiger partial charge >= 0.3 is 11.9 Å². The maximum atomic E-state index is 12.7. The van der Waals surface area contributed by atoms with Crippen LogP contribution in [0.5, 0.6) is 0 Å². The van der Waals surface area contributed by atoms with E-state index in [1.165, 1.54) is 0 Å². The highest BCUT2D eigenvalue weighted by atomic mass is 16.4. The molecule has 2 rings (SSSR count). The van der Waals surface area contributed by atoms with E-state index in [1.54, 1.807) is 19.1 Å². The van der Waals surface area contributed by atoms with Crippen molar-refractivity contribution in [3.8, 4) is 0 Å². The van der Waals surface area contributed by atoms with Gasteiger partial charge in [-0.3, -0.25) is 4.79 Å². The van der Waals surface area contributed by atoms with Crippen LogP contribution >= 0.6 is 0 Å². The third-order valence-corrected chi connectivity index (χ3v) is 4.58. The van der Waals surface area contributed by atoms with E-state index in [0.717, 1.165) is 18.4 Å². The fraction of sp³-hybridized carbons (Fsp3) is 0.471. The molecule has 0 spiro atoms. The molecule has 5 heteroatoms. The average Bonchev–Trinajstić information content (AvgIpc) is 2.54. The SMILES string of the molecule is CC[N+]1(C(=O)C(=O)Cc2ccccc2)CCCCC1C(=O)O. The minimum absolute atomic E-state index is 0.0337. The Morgan fingerprint density at radius 2 is 1.86 bits per heavy atom. The standard InChI is InChI=1S/C17H21NO4/c1-2-18(11-7-6-10-14(18)17(21)22)16(20)15(19)12-13-8-4-3-5-9-13/h3-5,8-9,14H,2,6-7,10-12H2,1H3/p+1. The molecule has 1 aromatic carbocycles. The first-order valence-electron chi connectivity index (χ1n) is 7.72. The molecule has 5 nitrogen and oxygen atoms in total. The number of Topliss-reactive ketones (excluding diaryl/α,β-unsaturated/α-hetero) is 1. The van der Waals surface area contributed by atoms with Crippen molar-refractivity contribution in [3.05, 3.63) is 35.9 Å². The van der Waals surface area contributed by atoms with Gasteiger partial charge in [0, 0.05) is 12.8 Å². The van der Waals surface area contributed by atoms with E-state index >= 15 is 0 Å². The van der Waals surface area contributed by atoms with Gasteiger partial charge in [0.05, 0.1) is 13.1 Å². The molecule has 1 amide bonds.